The van der Waals surface area contributed by atoms with Crippen LogP contribution in [0.1, 0.15) is 31.4 Å². The summed E-state index contributed by atoms with van der Waals surface area (Å²) in [5.74, 6) is 1.78. The molecule has 2 atom stereocenters. The number of piperazine rings is 1. The molecule has 0 radical (unpaired) electrons. The average molecular weight is 347 g/mol. The van der Waals surface area contributed by atoms with Gasteiger partial charge in [0.15, 0.2) is 0 Å². The molecule has 1 aromatic carbocycles. The van der Waals surface area contributed by atoms with Crippen LogP contribution in [0.4, 0.5) is 0 Å². The highest BCUT2D eigenvalue weighted by Crippen LogP contribution is 2.38. The summed E-state index contributed by atoms with van der Waals surface area (Å²) in [5, 5.41) is 3.37. The molecular weight excluding hydrogens is 318 g/mol. The number of hydrogen-bond acceptors (Lipinski definition) is 5. The van der Waals surface area contributed by atoms with Crippen molar-refractivity contribution in [3.8, 4) is 11.5 Å². The number of benzene rings is 1. The van der Waals surface area contributed by atoms with Crippen LogP contribution in [0.25, 0.3) is 0 Å². The largest absolute Gasteiger partial charge is 0.497 e. The normalized spacial score (nSPS) is 24.4. The Morgan fingerprint density at radius 3 is 2.84 bits per heavy atom. The molecule has 6 nitrogen and oxygen atoms in total. The van der Waals surface area contributed by atoms with Gasteiger partial charge in [0.25, 0.3) is 0 Å². The number of hydrogen-bond donors (Lipinski definition) is 1. The van der Waals surface area contributed by atoms with E-state index < -0.39 is 0 Å². The Hall–Kier alpha value is -1.79. The summed E-state index contributed by atoms with van der Waals surface area (Å²) in [5.41, 5.74) is 1.07. The fourth-order valence-corrected chi connectivity index (χ4v) is 3.86. The van der Waals surface area contributed by atoms with Crippen molar-refractivity contribution in [1.29, 1.82) is 0 Å². The van der Waals surface area contributed by atoms with Crippen molar-refractivity contribution in [2.75, 3.05) is 46.9 Å². The quantitative estimate of drug-likeness (QED) is 0.878. The Morgan fingerprint density at radius 1 is 1.28 bits per heavy atom. The maximum absolute atomic E-state index is 13.0. The van der Waals surface area contributed by atoms with E-state index >= 15 is 0 Å². The lowest BCUT2D eigenvalue weighted by molar-refractivity contribution is -0.134. The number of amides is 1. The van der Waals surface area contributed by atoms with Crippen molar-refractivity contribution >= 4 is 5.91 Å². The van der Waals surface area contributed by atoms with Gasteiger partial charge < -0.3 is 19.7 Å². The molecule has 6 heteroatoms. The molecule has 0 aliphatic carbocycles. The lowest BCUT2D eigenvalue weighted by Gasteiger charge is -2.35. The summed E-state index contributed by atoms with van der Waals surface area (Å²) in [6.45, 7) is 6.32. The number of nitrogens with one attached hydrogen (secondary N) is 1. The van der Waals surface area contributed by atoms with E-state index in [1.165, 1.54) is 0 Å². The van der Waals surface area contributed by atoms with E-state index in [4.69, 9.17) is 9.47 Å². The summed E-state index contributed by atoms with van der Waals surface area (Å²) < 4.78 is 10.8. The second-order valence-electron chi connectivity index (χ2n) is 6.88. The van der Waals surface area contributed by atoms with Crippen LogP contribution in [-0.4, -0.2) is 68.7 Å². The smallest absolute Gasteiger partial charge is 0.237 e. The molecule has 2 saturated heterocycles. The van der Waals surface area contributed by atoms with Crippen molar-refractivity contribution in [1.82, 2.24) is 15.1 Å². The first-order valence-electron chi connectivity index (χ1n) is 9.10. The van der Waals surface area contributed by atoms with Crippen molar-refractivity contribution < 1.29 is 14.3 Å². The number of methoxy groups -OCH3 is 2. The molecule has 25 heavy (non-hydrogen) atoms. The summed E-state index contributed by atoms with van der Waals surface area (Å²) in [7, 11) is 3.32. The zero-order valence-corrected chi connectivity index (χ0v) is 15.5. The summed E-state index contributed by atoms with van der Waals surface area (Å²) in [4.78, 5) is 17.3. The molecule has 1 N–H and O–H groups in total. The molecule has 2 aliphatic rings. The number of likely N-dealkylation sites (tertiary alicyclic amines) is 1. The maximum atomic E-state index is 13.0. The van der Waals surface area contributed by atoms with Crippen LogP contribution in [0.2, 0.25) is 0 Å². The molecule has 0 saturated carbocycles. The highest BCUT2D eigenvalue weighted by atomic mass is 16.5. The highest BCUT2D eigenvalue weighted by Gasteiger charge is 2.33. The van der Waals surface area contributed by atoms with Gasteiger partial charge in [-0.2, -0.15) is 0 Å². The monoisotopic (exact) mass is 347 g/mol. The van der Waals surface area contributed by atoms with E-state index in [1.54, 1.807) is 14.2 Å². The minimum Gasteiger partial charge on any atom is -0.497 e. The van der Waals surface area contributed by atoms with Gasteiger partial charge in [0.1, 0.15) is 11.5 Å². The van der Waals surface area contributed by atoms with E-state index in [-0.39, 0.29) is 11.9 Å². The standard InChI is InChI=1S/C19H29N3O3/c1-14-12-20-8-10-21(14)13-19(23)22-9-4-5-17(22)16-7-6-15(24-2)11-18(16)25-3/h6-7,11,14,17,20H,4-5,8-10,12-13H2,1-3H3/t14-,17?/m1/s1. The Morgan fingerprint density at radius 2 is 2.12 bits per heavy atom. The van der Waals surface area contributed by atoms with Gasteiger partial charge in [-0.05, 0) is 31.9 Å². The van der Waals surface area contributed by atoms with E-state index in [1.807, 2.05) is 23.1 Å². The van der Waals surface area contributed by atoms with Gasteiger partial charge in [-0.3, -0.25) is 9.69 Å². The fourth-order valence-electron chi connectivity index (χ4n) is 3.86. The first-order valence-corrected chi connectivity index (χ1v) is 9.10. The van der Waals surface area contributed by atoms with Gasteiger partial charge in [-0.1, -0.05) is 0 Å². The maximum Gasteiger partial charge on any atom is 0.237 e. The van der Waals surface area contributed by atoms with E-state index in [9.17, 15) is 4.79 Å². The van der Waals surface area contributed by atoms with Crippen LogP contribution >= 0.6 is 0 Å². The third-order valence-corrected chi connectivity index (χ3v) is 5.35. The topological polar surface area (TPSA) is 54.0 Å². The molecule has 0 spiro atoms. The first-order chi connectivity index (χ1) is 12.1. The van der Waals surface area contributed by atoms with Crippen molar-refractivity contribution in [2.45, 2.75) is 31.8 Å². The van der Waals surface area contributed by atoms with E-state index in [0.717, 1.165) is 56.1 Å². The number of rotatable bonds is 5. The van der Waals surface area contributed by atoms with Crippen LogP contribution in [0, 0.1) is 0 Å². The van der Waals surface area contributed by atoms with Crippen LogP contribution in [-0.2, 0) is 4.79 Å². The molecule has 3 rings (SSSR count). The minimum absolute atomic E-state index is 0.0894. The number of carbonyl (C=O) groups excluding carboxylic acids is 1. The molecule has 0 aromatic heterocycles. The van der Waals surface area contributed by atoms with Crippen molar-refractivity contribution in [3.63, 3.8) is 0 Å². The van der Waals surface area contributed by atoms with Crippen LogP contribution in [0.3, 0.4) is 0 Å². The third kappa shape index (κ3) is 3.90. The predicted molar refractivity (Wildman–Crippen MR) is 97.1 cm³/mol. The Bertz CT molecular complexity index is 608. The molecular formula is C19H29N3O3. The molecule has 2 fully saturated rings. The van der Waals surface area contributed by atoms with Crippen LogP contribution < -0.4 is 14.8 Å². The van der Waals surface area contributed by atoms with Gasteiger partial charge in [-0.15, -0.1) is 0 Å². The van der Waals surface area contributed by atoms with Gasteiger partial charge in [0.2, 0.25) is 5.91 Å². The van der Waals surface area contributed by atoms with E-state index in [2.05, 4.69) is 17.1 Å². The lowest BCUT2D eigenvalue weighted by atomic mass is 10.0. The molecule has 138 valence electrons. The Balaban J connectivity index is 1.75. The van der Waals surface area contributed by atoms with Gasteiger partial charge >= 0.3 is 0 Å². The zero-order valence-electron chi connectivity index (χ0n) is 15.5. The number of ether oxygens (including phenoxy) is 2. The predicted octanol–water partition coefficient (Wildman–Crippen LogP) is 1.66. The molecule has 1 unspecified atom stereocenters. The van der Waals surface area contributed by atoms with E-state index in [0.29, 0.717) is 12.6 Å². The third-order valence-electron chi connectivity index (χ3n) is 5.35. The highest BCUT2D eigenvalue weighted by molar-refractivity contribution is 5.79. The SMILES string of the molecule is COc1ccc(C2CCCN2C(=O)CN2CCNC[C@H]2C)c(OC)c1. The van der Waals surface area contributed by atoms with Gasteiger partial charge in [-0.25, -0.2) is 0 Å². The summed E-state index contributed by atoms with van der Waals surface area (Å²) >= 11 is 0. The second kappa shape index (κ2) is 8.06. The molecule has 2 aliphatic heterocycles. The first kappa shape index (κ1) is 18.0. The van der Waals surface area contributed by atoms with Crippen LogP contribution in [0.5, 0.6) is 11.5 Å². The molecule has 2 heterocycles. The van der Waals surface area contributed by atoms with Crippen molar-refractivity contribution in [2.24, 2.45) is 0 Å². The Kier molecular flexibility index (Phi) is 5.81. The summed E-state index contributed by atoms with van der Waals surface area (Å²) in [6.07, 6.45) is 2.01. The molecule has 1 amide bonds. The second-order valence-corrected chi connectivity index (χ2v) is 6.88. The van der Waals surface area contributed by atoms with Gasteiger partial charge in [0.05, 0.1) is 26.8 Å². The van der Waals surface area contributed by atoms with Crippen molar-refractivity contribution in [3.05, 3.63) is 23.8 Å². The zero-order chi connectivity index (χ0) is 17.8. The van der Waals surface area contributed by atoms with Gasteiger partial charge in [0, 0.05) is 43.9 Å². The Labute approximate surface area is 150 Å². The fraction of sp³-hybridized carbons (Fsp3) is 0.632. The number of carbonyl (C=O) groups is 1. The molecule has 0 bridgehead atoms. The minimum atomic E-state index is 0.0894. The number of nitrogens with zero attached hydrogens (tertiary/aromatic N) is 2. The van der Waals surface area contributed by atoms with Crippen LogP contribution in [0.15, 0.2) is 18.2 Å². The summed E-state index contributed by atoms with van der Waals surface area (Å²) in [6, 6.07) is 6.36. The average Bonchev–Trinajstić information content (AvgIpc) is 3.12. The lowest BCUT2D eigenvalue weighted by Crippen LogP contribution is -2.53. The molecule has 1 aromatic rings.